The Morgan fingerprint density at radius 3 is 3.06 bits per heavy atom. The largest absolute Gasteiger partial charge is 0.495 e. The lowest BCUT2D eigenvalue weighted by Gasteiger charge is -1.98. The fraction of sp³-hybridized carbons (Fsp3) is 0.111. The van der Waals surface area contributed by atoms with Crippen molar-refractivity contribution in [3.63, 3.8) is 0 Å². The van der Waals surface area contributed by atoms with Gasteiger partial charge in [-0.3, -0.25) is 10.3 Å². The monoisotopic (exact) mass is 302 g/mol. The molecule has 0 unspecified atom stereocenters. The van der Waals surface area contributed by atoms with Crippen LogP contribution in [-0.2, 0) is 0 Å². The SMILES string of the molecule is COc1ccnc2c(Br)c(NC(=O)O)sc12. The van der Waals surface area contributed by atoms with Crippen LogP contribution in [-0.4, -0.2) is 23.3 Å². The zero-order chi connectivity index (χ0) is 11.7. The lowest BCUT2D eigenvalue weighted by Crippen LogP contribution is -2.05. The minimum atomic E-state index is -1.11. The van der Waals surface area contributed by atoms with Crippen molar-refractivity contribution in [1.82, 2.24) is 4.98 Å². The number of hydrogen-bond donors (Lipinski definition) is 2. The van der Waals surface area contributed by atoms with Crippen LogP contribution in [0.4, 0.5) is 9.80 Å². The molecule has 2 heterocycles. The van der Waals surface area contributed by atoms with Gasteiger partial charge in [0.2, 0.25) is 0 Å². The van der Waals surface area contributed by atoms with Crippen LogP contribution >= 0.6 is 27.3 Å². The number of ether oxygens (including phenoxy) is 1. The number of carbonyl (C=O) groups is 1. The molecule has 0 atom stereocenters. The third-order valence-electron chi connectivity index (χ3n) is 1.92. The minimum Gasteiger partial charge on any atom is -0.495 e. The van der Waals surface area contributed by atoms with E-state index in [2.05, 4.69) is 26.2 Å². The van der Waals surface area contributed by atoms with Gasteiger partial charge in [-0.1, -0.05) is 0 Å². The van der Waals surface area contributed by atoms with Crippen LogP contribution in [0, 0.1) is 0 Å². The lowest BCUT2D eigenvalue weighted by atomic mass is 10.4. The van der Waals surface area contributed by atoms with E-state index >= 15 is 0 Å². The number of hydrogen-bond acceptors (Lipinski definition) is 4. The van der Waals surface area contributed by atoms with Gasteiger partial charge in [0.1, 0.15) is 16.3 Å². The van der Waals surface area contributed by atoms with Gasteiger partial charge in [0.05, 0.1) is 16.3 Å². The Morgan fingerprint density at radius 1 is 1.69 bits per heavy atom. The maximum Gasteiger partial charge on any atom is 0.409 e. The van der Waals surface area contributed by atoms with Gasteiger partial charge < -0.3 is 9.84 Å². The summed E-state index contributed by atoms with van der Waals surface area (Å²) in [6, 6.07) is 1.73. The fourth-order valence-corrected chi connectivity index (χ4v) is 3.08. The molecule has 0 fully saturated rings. The van der Waals surface area contributed by atoms with Crippen LogP contribution in [0.15, 0.2) is 16.7 Å². The molecule has 16 heavy (non-hydrogen) atoms. The van der Waals surface area contributed by atoms with Gasteiger partial charge in [-0.05, 0) is 22.0 Å². The van der Waals surface area contributed by atoms with Gasteiger partial charge in [0.15, 0.2) is 0 Å². The molecule has 0 saturated carbocycles. The third kappa shape index (κ3) is 1.83. The Labute approximate surface area is 103 Å². The predicted octanol–water partition coefficient (Wildman–Crippen LogP) is 3.16. The van der Waals surface area contributed by atoms with E-state index in [1.54, 1.807) is 19.4 Å². The molecule has 1 amide bonds. The first-order valence-corrected chi connectivity index (χ1v) is 5.85. The summed E-state index contributed by atoms with van der Waals surface area (Å²) in [6.07, 6.45) is 0.509. The molecule has 0 spiro atoms. The number of thiophene rings is 1. The van der Waals surface area contributed by atoms with E-state index in [4.69, 9.17) is 9.84 Å². The average Bonchev–Trinajstić information content (AvgIpc) is 2.55. The molecule has 84 valence electrons. The molecular formula is C9H7BrN2O3S. The van der Waals surface area contributed by atoms with Crippen molar-refractivity contribution in [2.24, 2.45) is 0 Å². The highest BCUT2D eigenvalue weighted by Gasteiger charge is 2.15. The zero-order valence-corrected chi connectivity index (χ0v) is 10.6. The summed E-state index contributed by atoms with van der Waals surface area (Å²) in [7, 11) is 1.56. The van der Waals surface area contributed by atoms with Gasteiger partial charge >= 0.3 is 6.09 Å². The molecule has 0 radical (unpaired) electrons. The molecule has 7 heteroatoms. The second kappa shape index (κ2) is 4.26. The number of amides is 1. The summed E-state index contributed by atoms with van der Waals surface area (Å²) in [6.45, 7) is 0. The molecule has 2 aromatic heterocycles. The normalized spacial score (nSPS) is 10.4. The first-order chi connectivity index (χ1) is 7.63. The van der Waals surface area contributed by atoms with Crippen LogP contribution in [0.2, 0.25) is 0 Å². The van der Waals surface area contributed by atoms with Gasteiger partial charge in [-0.15, -0.1) is 11.3 Å². The van der Waals surface area contributed by atoms with Crippen molar-refractivity contribution in [1.29, 1.82) is 0 Å². The first kappa shape index (κ1) is 11.2. The number of anilines is 1. The van der Waals surface area contributed by atoms with Crippen molar-refractivity contribution in [2.45, 2.75) is 0 Å². The van der Waals surface area contributed by atoms with Crippen LogP contribution in [0.3, 0.4) is 0 Å². The fourth-order valence-electron chi connectivity index (χ4n) is 1.28. The molecule has 2 rings (SSSR count). The quantitative estimate of drug-likeness (QED) is 0.894. The number of fused-ring (bicyclic) bond motifs is 1. The second-order valence-electron chi connectivity index (χ2n) is 2.87. The lowest BCUT2D eigenvalue weighted by molar-refractivity contribution is 0.210. The van der Waals surface area contributed by atoms with Crippen molar-refractivity contribution < 1.29 is 14.6 Å². The standard InChI is InChI=1S/C9H7BrN2O3S/c1-15-4-2-3-11-6-5(10)8(12-9(13)14)16-7(4)6/h2-3,12H,1H3,(H,13,14). The summed E-state index contributed by atoms with van der Waals surface area (Å²) < 4.78 is 6.61. The van der Waals surface area contributed by atoms with Crippen LogP contribution in [0.25, 0.3) is 10.2 Å². The molecule has 0 aliphatic heterocycles. The maximum absolute atomic E-state index is 10.6. The van der Waals surface area contributed by atoms with Crippen molar-refractivity contribution in [2.75, 3.05) is 12.4 Å². The number of carboxylic acid groups (broad SMARTS) is 1. The third-order valence-corrected chi connectivity index (χ3v) is 4.06. The molecule has 0 aromatic carbocycles. The summed E-state index contributed by atoms with van der Waals surface area (Å²) in [4.78, 5) is 14.7. The summed E-state index contributed by atoms with van der Waals surface area (Å²) in [5.74, 6) is 0.675. The van der Waals surface area contributed by atoms with Crippen molar-refractivity contribution in [3.8, 4) is 5.75 Å². The van der Waals surface area contributed by atoms with Gasteiger partial charge in [0.25, 0.3) is 0 Å². The van der Waals surface area contributed by atoms with E-state index in [9.17, 15) is 4.79 Å². The highest BCUT2D eigenvalue weighted by molar-refractivity contribution is 9.10. The summed E-state index contributed by atoms with van der Waals surface area (Å²) >= 11 is 4.59. The molecule has 2 N–H and O–H groups in total. The van der Waals surface area contributed by atoms with E-state index in [-0.39, 0.29) is 0 Å². The van der Waals surface area contributed by atoms with E-state index in [1.807, 2.05) is 0 Å². The Kier molecular flexibility index (Phi) is 2.97. The summed E-state index contributed by atoms with van der Waals surface area (Å²) in [5, 5.41) is 11.5. The van der Waals surface area contributed by atoms with Crippen LogP contribution in [0.1, 0.15) is 0 Å². The number of nitrogens with one attached hydrogen (secondary N) is 1. The Bertz CT molecular complexity index is 555. The summed E-state index contributed by atoms with van der Waals surface area (Å²) in [5.41, 5.74) is 0.688. The molecule has 0 saturated heterocycles. The van der Waals surface area contributed by atoms with E-state index in [0.29, 0.717) is 20.7 Å². The Hall–Kier alpha value is -1.34. The molecular weight excluding hydrogens is 296 g/mol. The highest BCUT2D eigenvalue weighted by Crippen LogP contribution is 2.42. The number of halogens is 1. The number of nitrogens with zero attached hydrogens (tertiary/aromatic N) is 1. The highest BCUT2D eigenvalue weighted by atomic mass is 79.9. The van der Waals surface area contributed by atoms with Crippen molar-refractivity contribution in [3.05, 3.63) is 16.7 Å². The molecule has 2 aromatic rings. The average molecular weight is 303 g/mol. The molecule has 0 bridgehead atoms. The van der Waals surface area contributed by atoms with Crippen LogP contribution in [0.5, 0.6) is 5.75 Å². The topological polar surface area (TPSA) is 71.5 Å². The predicted molar refractivity (Wildman–Crippen MR) is 65.5 cm³/mol. The number of methoxy groups -OCH3 is 1. The number of pyridine rings is 1. The van der Waals surface area contributed by atoms with Gasteiger partial charge in [-0.2, -0.15) is 0 Å². The van der Waals surface area contributed by atoms with Crippen LogP contribution < -0.4 is 10.1 Å². The van der Waals surface area contributed by atoms with E-state index < -0.39 is 6.09 Å². The smallest absolute Gasteiger partial charge is 0.409 e. The minimum absolute atomic E-state index is 0.500. The van der Waals surface area contributed by atoms with Crippen molar-refractivity contribution >= 4 is 48.6 Å². The van der Waals surface area contributed by atoms with E-state index in [1.165, 1.54) is 11.3 Å². The Morgan fingerprint density at radius 2 is 2.44 bits per heavy atom. The van der Waals surface area contributed by atoms with E-state index in [0.717, 1.165) is 4.70 Å². The maximum atomic E-state index is 10.6. The van der Waals surface area contributed by atoms with Gasteiger partial charge in [0, 0.05) is 6.20 Å². The zero-order valence-electron chi connectivity index (χ0n) is 8.15. The second-order valence-corrected chi connectivity index (χ2v) is 4.68. The molecule has 5 nitrogen and oxygen atoms in total. The van der Waals surface area contributed by atoms with Gasteiger partial charge in [-0.25, -0.2) is 4.79 Å². The first-order valence-electron chi connectivity index (χ1n) is 4.24. The molecule has 0 aliphatic carbocycles. The molecule has 0 aliphatic rings. The number of aromatic nitrogens is 1. The Balaban J connectivity index is 2.62. The number of rotatable bonds is 2.